The average Bonchev–Trinajstić information content (AvgIpc) is 2.39. The van der Waals surface area contributed by atoms with E-state index in [0.717, 1.165) is 12.1 Å². The fourth-order valence-corrected chi connectivity index (χ4v) is 1.46. The van der Waals surface area contributed by atoms with E-state index in [1.807, 2.05) is 0 Å². The molecule has 1 aromatic carbocycles. The van der Waals surface area contributed by atoms with Gasteiger partial charge in [-0.2, -0.15) is 0 Å². The number of nitrogens with one attached hydrogen (secondary N) is 1. The van der Waals surface area contributed by atoms with Gasteiger partial charge in [0.15, 0.2) is 11.6 Å². The van der Waals surface area contributed by atoms with E-state index in [1.165, 1.54) is 11.9 Å². The molecule has 0 aliphatic rings. The summed E-state index contributed by atoms with van der Waals surface area (Å²) in [5.41, 5.74) is -0.488. The molecular weight excluding hydrogens is 266 g/mol. The zero-order chi connectivity index (χ0) is 15.3. The van der Waals surface area contributed by atoms with Gasteiger partial charge in [0.25, 0.3) is 0 Å². The summed E-state index contributed by atoms with van der Waals surface area (Å²) >= 11 is 0. The Morgan fingerprint density at radius 3 is 2.50 bits per heavy atom. The van der Waals surface area contributed by atoms with Crippen LogP contribution in [0.2, 0.25) is 0 Å². The number of carbonyl (C=O) groups is 1. The summed E-state index contributed by atoms with van der Waals surface area (Å²) < 4.78 is 27.3. The summed E-state index contributed by atoms with van der Waals surface area (Å²) in [6.45, 7) is 1.85. The Balaban J connectivity index is 2.78. The number of aliphatic hydroxyl groups excluding tert-OH is 1. The first-order chi connectivity index (χ1) is 9.35. The Morgan fingerprint density at radius 1 is 1.50 bits per heavy atom. The number of rotatable bonds is 4. The molecule has 2 amide bonds. The van der Waals surface area contributed by atoms with E-state index in [-0.39, 0.29) is 12.1 Å². The molecule has 0 fully saturated rings. The van der Waals surface area contributed by atoms with Crippen molar-refractivity contribution in [2.24, 2.45) is 0 Å². The number of terminal acetylenes is 1. The SMILES string of the molecule is C#Cc1cc(F)c(NC(=O)N(C)CCC(C)O)c(F)c1. The van der Waals surface area contributed by atoms with Crippen molar-refractivity contribution in [2.45, 2.75) is 19.4 Å². The Labute approximate surface area is 116 Å². The lowest BCUT2D eigenvalue weighted by Gasteiger charge is -2.19. The van der Waals surface area contributed by atoms with Crippen LogP contribution in [0.3, 0.4) is 0 Å². The molecule has 0 aromatic heterocycles. The van der Waals surface area contributed by atoms with Gasteiger partial charge in [0.05, 0.1) is 6.10 Å². The van der Waals surface area contributed by atoms with Crippen LogP contribution in [-0.2, 0) is 0 Å². The van der Waals surface area contributed by atoms with E-state index in [1.54, 1.807) is 6.92 Å². The Hall–Kier alpha value is -2.13. The molecule has 6 heteroatoms. The highest BCUT2D eigenvalue weighted by atomic mass is 19.1. The molecule has 108 valence electrons. The smallest absolute Gasteiger partial charge is 0.321 e. The second-order valence-electron chi connectivity index (χ2n) is 4.45. The molecule has 0 radical (unpaired) electrons. The largest absolute Gasteiger partial charge is 0.393 e. The van der Waals surface area contributed by atoms with Crippen LogP contribution in [-0.4, -0.2) is 35.7 Å². The van der Waals surface area contributed by atoms with Crippen LogP contribution in [0.4, 0.5) is 19.3 Å². The summed E-state index contributed by atoms with van der Waals surface area (Å²) in [6.07, 6.45) is 4.86. The quantitative estimate of drug-likeness (QED) is 0.832. The van der Waals surface area contributed by atoms with Crippen molar-refractivity contribution in [1.29, 1.82) is 0 Å². The van der Waals surface area contributed by atoms with E-state index in [9.17, 15) is 13.6 Å². The van der Waals surface area contributed by atoms with E-state index < -0.39 is 29.5 Å². The van der Waals surface area contributed by atoms with Crippen molar-refractivity contribution in [2.75, 3.05) is 18.9 Å². The third-order valence-electron chi connectivity index (χ3n) is 2.67. The standard InChI is InChI=1S/C14H16F2N2O2/c1-4-10-7-11(15)13(12(16)8-10)17-14(20)18(3)6-5-9(2)19/h1,7-9,19H,5-6H2,2-3H3,(H,17,20). The number of urea groups is 1. The van der Waals surface area contributed by atoms with Crippen molar-refractivity contribution in [3.8, 4) is 12.3 Å². The van der Waals surface area contributed by atoms with Gasteiger partial charge in [0.2, 0.25) is 0 Å². The minimum atomic E-state index is -0.935. The third-order valence-corrected chi connectivity index (χ3v) is 2.67. The average molecular weight is 282 g/mol. The molecule has 4 nitrogen and oxygen atoms in total. The van der Waals surface area contributed by atoms with E-state index >= 15 is 0 Å². The van der Waals surface area contributed by atoms with Crippen LogP contribution in [0.1, 0.15) is 18.9 Å². The molecule has 0 heterocycles. The van der Waals surface area contributed by atoms with Crippen LogP contribution in [0.25, 0.3) is 0 Å². The number of hydrogen-bond donors (Lipinski definition) is 2. The molecule has 1 atom stereocenters. The molecular formula is C14H16F2N2O2. The first-order valence-electron chi connectivity index (χ1n) is 6.01. The number of halogens is 2. The van der Waals surface area contributed by atoms with Gasteiger partial charge in [-0.15, -0.1) is 6.42 Å². The predicted octanol–water partition coefficient (Wildman–Crippen LogP) is 2.18. The maximum atomic E-state index is 13.6. The normalized spacial score (nSPS) is 11.6. The van der Waals surface area contributed by atoms with Gasteiger partial charge in [-0.05, 0) is 25.5 Å². The van der Waals surface area contributed by atoms with Crippen molar-refractivity contribution in [1.82, 2.24) is 4.90 Å². The number of nitrogens with zero attached hydrogens (tertiary/aromatic N) is 1. The Morgan fingerprint density at radius 2 is 2.05 bits per heavy atom. The molecule has 1 rings (SSSR count). The molecule has 2 N–H and O–H groups in total. The van der Waals surface area contributed by atoms with Crippen molar-refractivity contribution < 1.29 is 18.7 Å². The second kappa shape index (κ2) is 6.87. The van der Waals surface area contributed by atoms with Gasteiger partial charge in [0.1, 0.15) is 5.69 Å². The highest BCUT2D eigenvalue weighted by Gasteiger charge is 2.16. The lowest BCUT2D eigenvalue weighted by molar-refractivity contribution is 0.167. The van der Waals surface area contributed by atoms with Gasteiger partial charge >= 0.3 is 6.03 Å². The Kier molecular flexibility index (Phi) is 5.47. The fourth-order valence-electron chi connectivity index (χ4n) is 1.46. The molecule has 1 unspecified atom stereocenters. The van der Waals surface area contributed by atoms with Gasteiger partial charge in [-0.25, -0.2) is 13.6 Å². The first kappa shape index (κ1) is 15.9. The van der Waals surface area contributed by atoms with Crippen LogP contribution in [0, 0.1) is 24.0 Å². The maximum absolute atomic E-state index is 13.6. The molecule has 0 saturated heterocycles. The summed E-state index contributed by atoms with van der Waals surface area (Å²) in [6, 6.07) is 1.26. The minimum absolute atomic E-state index is 0.0560. The Bertz CT molecular complexity index is 515. The van der Waals surface area contributed by atoms with Crippen LogP contribution < -0.4 is 5.32 Å². The van der Waals surface area contributed by atoms with Gasteiger partial charge < -0.3 is 15.3 Å². The van der Waals surface area contributed by atoms with E-state index in [0.29, 0.717) is 6.42 Å². The summed E-state index contributed by atoms with van der Waals surface area (Å²) in [5.74, 6) is 0.244. The van der Waals surface area contributed by atoms with E-state index in [2.05, 4.69) is 11.2 Å². The summed E-state index contributed by atoms with van der Waals surface area (Å²) in [5, 5.41) is 11.3. The number of benzene rings is 1. The number of aliphatic hydroxyl groups is 1. The third kappa shape index (κ3) is 4.21. The monoisotopic (exact) mass is 282 g/mol. The van der Waals surface area contributed by atoms with Crippen molar-refractivity contribution >= 4 is 11.7 Å². The summed E-state index contributed by atoms with van der Waals surface area (Å²) in [7, 11) is 1.46. The molecule has 0 aliphatic heterocycles. The molecule has 0 bridgehead atoms. The predicted molar refractivity (Wildman–Crippen MR) is 72.2 cm³/mol. The van der Waals surface area contributed by atoms with Gasteiger partial charge in [-0.3, -0.25) is 0 Å². The number of hydrogen-bond acceptors (Lipinski definition) is 2. The van der Waals surface area contributed by atoms with Crippen LogP contribution in [0.15, 0.2) is 12.1 Å². The lowest BCUT2D eigenvalue weighted by atomic mass is 10.2. The van der Waals surface area contributed by atoms with Crippen molar-refractivity contribution in [3.05, 3.63) is 29.3 Å². The zero-order valence-electron chi connectivity index (χ0n) is 11.3. The van der Waals surface area contributed by atoms with Crippen molar-refractivity contribution in [3.63, 3.8) is 0 Å². The van der Waals surface area contributed by atoms with Crippen LogP contribution in [0.5, 0.6) is 0 Å². The maximum Gasteiger partial charge on any atom is 0.321 e. The van der Waals surface area contributed by atoms with E-state index in [4.69, 9.17) is 11.5 Å². The second-order valence-corrected chi connectivity index (χ2v) is 4.45. The minimum Gasteiger partial charge on any atom is -0.393 e. The van der Waals surface area contributed by atoms with Crippen LogP contribution >= 0.6 is 0 Å². The molecule has 0 spiro atoms. The fraction of sp³-hybridized carbons (Fsp3) is 0.357. The lowest BCUT2D eigenvalue weighted by Crippen LogP contribution is -2.33. The highest BCUT2D eigenvalue weighted by Crippen LogP contribution is 2.20. The zero-order valence-corrected chi connectivity index (χ0v) is 11.3. The highest BCUT2D eigenvalue weighted by molar-refractivity contribution is 5.89. The number of amides is 2. The topological polar surface area (TPSA) is 52.6 Å². The molecule has 1 aromatic rings. The number of anilines is 1. The number of carbonyl (C=O) groups excluding carboxylic acids is 1. The summed E-state index contributed by atoms with van der Waals surface area (Å²) in [4.78, 5) is 13.0. The molecule has 0 aliphatic carbocycles. The molecule has 20 heavy (non-hydrogen) atoms. The van der Waals surface area contributed by atoms with Gasteiger partial charge in [-0.1, -0.05) is 5.92 Å². The molecule has 0 saturated carbocycles. The van der Waals surface area contributed by atoms with Gasteiger partial charge in [0, 0.05) is 19.2 Å². The first-order valence-corrected chi connectivity index (χ1v) is 6.01.